The fourth-order valence-electron chi connectivity index (χ4n) is 5.36. The minimum atomic E-state index is -1.52. The maximum Gasteiger partial charge on any atom is 0.326 e. The lowest BCUT2D eigenvalue weighted by molar-refractivity contribution is -0.144. The molecule has 0 aliphatic heterocycles. The van der Waals surface area contributed by atoms with Gasteiger partial charge in [0, 0.05) is 18.3 Å². The zero-order valence-corrected chi connectivity index (χ0v) is 34.3. The Balaban J connectivity index is 2.90. The summed E-state index contributed by atoms with van der Waals surface area (Å²) in [7, 11) is 0. The molecular formula is C36H61N11O11. The molecule has 326 valence electrons. The van der Waals surface area contributed by atoms with Gasteiger partial charge in [-0.25, -0.2) is 9.78 Å². The predicted molar refractivity (Wildman–Crippen MR) is 208 cm³/mol. The van der Waals surface area contributed by atoms with Crippen molar-refractivity contribution in [3.05, 3.63) is 18.2 Å². The first-order valence-corrected chi connectivity index (χ1v) is 19.0. The third-order valence-electron chi connectivity index (χ3n) is 8.58. The Hall–Kier alpha value is -5.64. The highest BCUT2D eigenvalue weighted by molar-refractivity contribution is 5.96. The van der Waals surface area contributed by atoms with Crippen LogP contribution in [0.4, 0.5) is 0 Å². The summed E-state index contributed by atoms with van der Waals surface area (Å²) in [6.07, 6.45) is 3.05. The maximum absolute atomic E-state index is 13.3. The number of rotatable bonds is 25. The van der Waals surface area contributed by atoms with Crippen LogP contribution in [0.25, 0.3) is 0 Å². The number of aliphatic carboxylic acids is 1. The highest BCUT2D eigenvalue weighted by atomic mass is 16.4. The van der Waals surface area contributed by atoms with Crippen molar-refractivity contribution < 1.29 is 53.4 Å². The summed E-state index contributed by atoms with van der Waals surface area (Å²) in [4.78, 5) is 121. The van der Waals surface area contributed by atoms with Gasteiger partial charge in [-0.2, -0.15) is 0 Å². The monoisotopic (exact) mass is 823 g/mol. The molecule has 6 atom stereocenters. The number of H-pyrrole nitrogens is 1. The largest absolute Gasteiger partial charge is 0.480 e. The number of carboxylic acid groups (broad SMARTS) is 1. The quantitative estimate of drug-likeness (QED) is 0.0450. The van der Waals surface area contributed by atoms with Crippen LogP contribution in [0.3, 0.4) is 0 Å². The third kappa shape index (κ3) is 17.7. The molecule has 8 amide bonds. The summed E-state index contributed by atoms with van der Waals surface area (Å²) in [6, 6.07) is -7.40. The van der Waals surface area contributed by atoms with Gasteiger partial charge in [0.25, 0.3) is 0 Å². The zero-order valence-electron chi connectivity index (χ0n) is 34.3. The van der Waals surface area contributed by atoms with Crippen molar-refractivity contribution in [2.75, 3.05) is 26.2 Å². The summed E-state index contributed by atoms with van der Waals surface area (Å²) in [5.41, 5.74) is 5.90. The highest BCUT2D eigenvalue weighted by Crippen LogP contribution is 2.08. The first kappa shape index (κ1) is 50.4. The Labute approximate surface area is 337 Å². The Morgan fingerprint density at radius 3 is 1.57 bits per heavy atom. The molecule has 1 aromatic heterocycles. The molecule has 0 aliphatic carbocycles. The van der Waals surface area contributed by atoms with Gasteiger partial charge in [0.15, 0.2) is 0 Å². The number of amides is 8. The molecule has 1 aromatic rings. The average molecular weight is 824 g/mol. The number of nitrogens with zero attached hydrogens (tertiary/aromatic N) is 1. The summed E-state index contributed by atoms with van der Waals surface area (Å²) < 4.78 is 0. The fourth-order valence-corrected chi connectivity index (χ4v) is 5.36. The van der Waals surface area contributed by atoms with Crippen molar-refractivity contribution in [3.63, 3.8) is 0 Å². The van der Waals surface area contributed by atoms with E-state index in [1.807, 2.05) is 13.8 Å². The van der Waals surface area contributed by atoms with Crippen molar-refractivity contribution in [1.82, 2.24) is 52.5 Å². The number of hydrogen-bond acceptors (Lipinski definition) is 12. The molecule has 0 unspecified atom stereocenters. The van der Waals surface area contributed by atoms with Gasteiger partial charge in [-0.3, -0.25) is 38.4 Å². The van der Waals surface area contributed by atoms with Crippen molar-refractivity contribution in [3.8, 4) is 0 Å². The second kappa shape index (κ2) is 24.9. The van der Waals surface area contributed by atoms with E-state index in [0.717, 1.165) is 0 Å². The molecule has 58 heavy (non-hydrogen) atoms. The SMILES string of the molecule is CC(C)C[C@H](NC(=O)CN)C(=O)N[C@@H](Cc1cnc[nH]1)C(=O)NCC(=O)N[C@H](C(=O)NCC(=O)N[C@H](C(=O)N[C@@H](CO)C(=O)N[C@H](C(=O)O)C(C)C)C(C)C)C(C)C. The number of aliphatic hydroxyl groups is 1. The number of imidazole rings is 1. The molecular weight excluding hydrogens is 762 g/mol. The Morgan fingerprint density at radius 1 is 0.621 bits per heavy atom. The predicted octanol–water partition coefficient (Wildman–Crippen LogP) is -3.86. The summed E-state index contributed by atoms with van der Waals surface area (Å²) in [5, 5.41) is 38.6. The Bertz CT molecular complexity index is 1570. The highest BCUT2D eigenvalue weighted by Gasteiger charge is 2.33. The summed E-state index contributed by atoms with van der Waals surface area (Å²) >= 11 is 0. The summed E-state index contributed by atoms with van der Waals surface area (Å²) in [6.45, 7) is 10.9. The van der Waals surface area contributed by atoms with Crippen LogP contribution < -0.4 is 48.3 Å². The second-order valence-electron chi connectivity index (χ2n) is 15.1. The van der Waals surface area contributed by atoms with Crippen molar-refractivity contribution in [1.29, 1.82) is 0 Å². The molecule has 22 nitrogen and oxygen atoms in total. The number of aliphatic hydroxyl groups excluding tert-OH is 1. The van der Waals surface area contributed by atoms with Gasteiger partial charge in [0.1, 0.15) is 36.3 Å². The molecule has 0 saturated heterocycles. The number of nitrogens with one attached hydrogen (secondary N) is 9. The van der Waals surface area contributed by atoms with Crippen LogP contribution >= 0.6 is 0 Å². The van der Waals surface area contributed by atoms with Crippen LogP contribution in [0.1, 0.15) is 67.5 Å². The molecule has 1 heterocycles. The minimum Gasteiger partial charge on any atom is -0.480 e. The normalized spacial score (nSPS) is 14.3. The first-order chi connectivity index (χ1) is 27.1. The van der Waals surface area contributed by atoms with E-state index in [-0.39, 0.29) is 25.3 Å². The molecule has 13 N–H and O–H groups in total. The number of hydrogen-bond donors (Lipinski definition) is 12. The van der Waals surface area contributed by atoms with Crippen LogP contribution in [-0.4, -0.2) is 136 Å². The molecule has 0 fully saturated rings. The van der Waals surface area contributed by atoms with Crippen molar-refractivity contribution in [2.24, 2.45) is 29.4 Å². The van der Waals surface area contributed by atoms with Crippen LogP contribution in [0.2, 0.25) is 0 Å². The minimum absolute atomic E-state index is 0.000212. The molecule has 1 rings (SSSR count). The Morgan fingerprint density at radius 2 is 1.12 bits per heavy atom. The lowest BCUT2D eigenvalue weighted by Crippen LogP contribution is -2.59. The van der Waals surface area contributed by atoms with E-state index in [1.165, 1.54) is 12.5 Å². The zero-order chi connectivity index (χ0) is 44.3. The van der Waals surface area contributed by atoms with Gasteiger partial charge >= 0.3 is 5.97 Å². The molecule has 0 spiro atoms. The van der Waals surface area contributed by atoms with Crippen LogP contribution in [0, 0.1) is 23.7 Å². The van der Waals surface area contributed by atoms with Crippen molar-refractivity contribution >= 4 is 53.2 Å². The van der Waals surface area contributed by atoms with E-state index >= 15 is 0 Å². The maximum atomic E-state index is 13.3. The first-order valence-electron chi connectivity index (χ1n) is 19.0. The molecule has 0 aromatic carbocycles. The van der Waals surface area contributed by atoms with E-state index < -0.39 is 127 Å². The number of carboxylic acids is 1. The number of nitrogens with two attached hydrogens (primary N) is 1. The van der Waals surface area contributed by atoms with Crippen LogP contribution in [0.15, 0.2) is 12.5 Å². The van der Waals surface area contributed by atoms with E-state index in [4.69, 9.17) is 5.73 Å². The van der Waals surface area contributed by atoms with Gasteiger partial charge < -0.3 is 63.5 Å². The fraction of sp³-hybridized carbons (Fsp3) is 0.667. The smallest absolute Gasteiger partial charge is 0.326 e. The van der Waals surface area contributed by atoms with Gasteiger partial charge in [-0.15, -0.1) is 0 Å². The number of aromatic amines is 1. The van der Waals surface area contributed by atoms with Gasteiger partial charge in [-0.05, 0) is 30.1 Å². The average Bonchev–Trinajstić information content (AvgIpc) is 3.66. The van der Waals surface area contributed by atoms with Crippen molar-refractivity contribution in [2.45, 2.75) is 104 Å². The van der Waals surface area contributed by atoms with Gasteiger partial charge in [0.05, 0.1) is 32.6 Å². The van der Waals surface area contributed by atoms with Crippen LogP contribution in [0.5, 0.6) is 0 Å². The number of carbonyl (C=O) groups excluding carboxylic acids is 8. The standard InChI is InChI=1S/C36H61N11O11/c1-17(2)9-22(42-25(49)11-37)32(53)43-23(10-21-12-38-16-41-21)31(52)39-13-26(50)45-28(18(3)4)34(55)40-14-27(51)46-29(19(5)6)35(56)44-24(15-48)33(54)47-30(20(7)8)36(57)58/h12,16-20,22-24,28-30,48H,9-11,13-15,37H2,1-8H3,(H,38,41)(H,39,52)(H,40,55)(H,42,49)(H,43,53)(H,44,56)(H,45,50)(H,46,51)(H,47,54)(H,57,58)/t22-,23-,24-,28-,29-,30-/m0/s1. The molecule has 0 aliphatic rings. The topological polar surface area (TPSA) is 345 Å². The van der Waals surface area contributed by atoms with Gasteiger partial charge in [-0.1, -0.05) is 55.4 Å². The van der Waals surface area contributed by atoms with Gasteiger partial charge in [0.2, 0.25) is 47.3 Å². The van der Waals surface area contributed by atoms with Crippen LogP contribution in [-0.2, 0) is 49.6 Å². The van der Waals surface area contributed by atoms with E-state index in [9.17, 15) is 53.4 Å². The number of carbonyl (C=O) groups is 9. The lowest BCUT2D eigenvalue weighted by atomic mass is 10.0. The third-order valence-corrected chi connectivity index (χ3v) is 8.58. The molecule has 22 heteroatoms. The van der Waals surface area contributed by atoms with E-state index in [1.54, 1.807) is 41.5 Å². The molecule has 0 radical (unpaired) electrons. The Kier molecular flexibility index (Phi) is 21.6. The van der Waals surface area contributed by atoms with E-state index in [0.29, 0.717) is 5.69 Å². The lowest BCUT2D eigenvalue weighted by Gasteiger charge is -2.26. The molecule has 0 bridgehead atoms. The van der Waals surface area contributed by atoms with E-state index in [2.05, 4.69) is 52.5 Å². The number of aromatic nitrogens is 2. The second-order valence-corrected chi connectivity index (χ2v) is 15.1. The molecule has 0 saturated carbocycles. The summed E-state index contributed by atoms with van der Waals surface area (Å²) in [5.74, 6) is -8.91.